The summed E-state index contributed by atoms with van der Waals surface area (Å²) < 4.78 is 0. The third-order valence-electron chi connectivity index (χ3n) is 13.2. The van der Waals surface area contributed by atoms with Crippen LogP contribution in [0.25, 0.3) is 0 Å². The molecule has 0 aromatic heterocycles. The number of hydrogen-bond donors (Lipinski definition) is 2. The van der Waals surface area contributed by atoms with E-state index < -0.39 is 0 Å². The fourth-order valence-corrected chi connectivity index (χ4v) is 11.3. The third-order valence-corrected chi connectivity index (χ3v) is 13.2. The number of carbonyl (C=O) groups excluding carboxylic acids is 2. The first-order valence-corrected chi connectivity index (χ1v) is 16.1. The highest BCUT2D eigenvalue weighted by atomic mass is 16.2. The van der Waals surface area contributed by atoms with Gasteiger partial charge in [-0.2, -0.15) is 10.4 Å². The molecule has 41 heavy (non-hydrogen) atoms. The smallest absolute Gasteiger partial charge is 0.236 e. The molecule has 0 aliphatic heterocycles. The minimum absolute atomic E-state index is 0.0752. The number of allylic oxidation sites excluding steroid dienone is 1. The highest BCUT2D eigenvalue weighted by Gasteiger charge is 2.71. The van der Waals surface area contributed by atoms with Crippen LogP contribution in [0.3, 0.4) is 0 Å². The van der Waals surface area contributed by atoms with Crippen LogP contribution in [0.2, 0.25) is 0 Å². The van der Waals surface area contributed by atoms with E-state index in [1.807, 2.05) is 6.21 Å². The van der Waals surface area contributed by atoms with Crippen molar-refractivity contribution in [2.75, 3.05) is 0 Å². The summed E-state index contributed by atoms with van der Waals surface area (Å²) in [5.74, 6) is 1.98. The van der Waals surface area contributed by atoms with Crippen LogP contribution in [0.1, 0.15) is 120 Å². The lowest BCUT2D eigenvalue weighted by atomic mass is 9.33. The van der Waals surface area contributed by atoms with Crippen molar-refractivity contribution in [2.45, 2.75) is 126 Å². The van der Waals surface area contributed by atoms with Gasteiger partial charge in [0.2, 0.25) is 11.8 Å². The molecule has 4 rings (SSSR count). The number of nitrogens with one attached hydrogen (secondary N) is 2. The zero-order valence-corrected chi connectivity index (χ0v) is 27.3. The SMILES string of the molecule is C=C(C)[C@@H]1CC[C@]2(C(=O)NC(C)C)CC[C@]3(C)[C@H](CC[C@@H]4[C@@](C)(CC#N)[C@H](C(C)(C)/C=N/NC(C)=O)CC[C@]43C)[C@@H]12. The molecule has 9 atom stereocenters. The fraction of sp³-hybridized carbons (Fsp3) is 0.829. The van der Waals surface area contributed by atoms with Crippen LogP contribution in [-0.4, -0.2) is 24.1 Å². The second kappa shape index (κ2) is 10.8. The summed E-state index contributed by atoms with van der Waals surface area (Å²) in [6.07, 6.45) is 10.8. The minimum Gasteiger partial charge on any atom is -0.353 e. The van der Waals surface area contributed by atoms with Crippen LogP contribution in [-0.2, 0) is 9.59 Å². The zero-order chi connectivity index (χ0) is 30.6. The van der Waals surface area contributed by atoms with Gasteiger partial charge in [0.1, 0.15) is 0 Å². The Hall–Kier alpha value is -2.16. The molecule has 228 valence electrons. The fourth-order valence-electron chi connectivity index (χ4n) is 11.3. The first kappa shape index (κ1) is 31.8. The van der Waals surface area contributed by atoms with Gasteiger partial charge >= 0.3 is 0 Å². The Morgan fingerprint density at radius 1 is 1.05 bits per heavy atom. The molecule has 2 amide bonds. The van der Waals surface area contributed by atoms with Crippen molar-refractivity contribution in [3.63, 3.8) is 0 Å². The van der Waals surface area contributed by atoms with E-state index in [1.165, 1.54) is 12.5 Å². The number of amides is 2. The highest BCUT2D eigenvalue weighted by Crippen LogP contribution is 2.76. The number of hydrogen-bond acceptors (Lipinski definition) is 4. The van der Waals surface area contributed by atoms with Gasteiger partial charge in [0.05, 0.1) is 11.5 Å². The minimum atomic E-state index is -0.295. The van der Waals surface area contributed by atoms with E-state index >= 15 is 0 Å². The monoisotopic (exact) mass is 564 g/mol. The number of carbonyl (C=O) groups is 2. The second-order valence-electron chi connectivity index (χ2n) is 16.1. The maximum atomic E-state index is 14.0. The van der Waals surface area contributed by atoms with Crippen LogP contribution in [0.4, 0.5) is 0 Å². The number of rotatable bonds is 7. The van der Waals surface area contributed by atoms with Crippen molar-refractivity contribution in [1.82, 2.24) is 10.7 Å². The van der Waals surface area contributed by atoms with E-state index in [0.717, 1.165) is 51.4 Å². The molecule has 4 aliphatic carbocycles. The van der Waals surface area contributed by atoms with Gasteiger partial charge in [-0.3, -0.25) is 9.59 Å². The number of hydrazone groups is 1. The van der Waals surface area contributed by atoms with E-state index in [0.29, 0.717) is 30.1 Å². The molecule has 0 unspecified atom stereocenters. The molecule has 0 radical (unpaired) electrons. The van der Waals surface area contributed by atoms with Gasteiger partial charge in [-0.05, 0) is 118 Å². The Balaban J connectivity index is 1.75. The van der Waals surface area contributed by atoms with Gasteiger partial charge in [-0.15, -0.1) is 0 Å². The molecule has 0 spiro atoms. The van der Waals surface area contributed by atoms with Crippen LogP contribution < -0.4 is 10.7 Å². The Labute approximate surface area is 249 Å². The molecular formula is C35H56N4O2. The Bertz CT molecular complexity index is 1140. The summed E-state index contributed by atoms with van der Waals surface area (Å²) in [6, 6.07) is 2.75. The van der Waals surface area contributed by atoms with Gasteiger partial charge in [-0.25, -0.2) is 5.43 Å². The quantitative estimate of drug-likeness (QED) is 0.191. The first-order valence-electron chi connectivity index (χ1n) is 16.1. The number of fused-ring (bicyclic) bond motifs is 5. The van der Waals surface area contributed by atoms with Crippen molar-refractivity contribution < 1.29 is 9.59 Å². The van der Waals surface area contributed by atoms with Crippen molar-refractivity contribution in [3.8, 4) is 6.07 Å². The summed E-state index contributed by atoms with van der Waals surface area (Å²) in [4.78, 5) is 25.5. The van der Waals surface area contributed by atoms with Gasteiger partial charge < -0.3 is 5.32 Å². The average molecular weight is 565 g/mol. The van der Waals surface area contributed by atoms with Crippen LogP contribution in [0.15, 0.2) is 17.3 Å². The predicted octanol–water partition coefficient (Wildman–Crippen LogP) is 7.41. The maximum Gasteiger partial charge on any atom is 0.236 e. The number of nitrogens with zero attached hydrogens (tertiary/aromatic N) is 2. The Kier molecular flexibility index (Phi) is 8.40. The zero-order valence-electron chi connectivity index (χ0n) is 27.3. The van der Waals surface area contributed by atoms with Crippen molar-refractivity contribution in [1.29, 1.82) is 5.26 Å². The normalized spacial score (nSPS) is 42.1. The molecule has 0 aromatic carbocycles. The van der Waals surface area contributed by atoms with Crippen molar-refractivity contribution >= 4 is 18.0 Å². The lowest BCUT2D eigenvalue weighted by Gasteiger charge is -2.71. The molecule has 6 heteroatoms. The highest BCUT2D eigenvalue weighted by molar-refractivity contribution is 5.84. The first-order chi connectivity index (χ1) is 19.0. The van der Waals surface area contributed by atoms with Crippen LogP contribution >= 0.6 is 0 Å². The summed E-state index contributed by atoms with van der Waals surface area (Å²) >= 11 is 0. The molecular weight excluding hydrogens is 508 g/mol. The summed E-state index contributed by atoms with van der Waals surface area (Å²) in [5, 5.41) is 17.8. The van der Waals surface area contributed by atoms with E-state index in [4.69, 9.17) is 0 Å². The second-order valence-corrected chi connectivity index (χ2v) is 16.1. The van der Waals surface area contributed by atoms with Gasteiger partial charge in [0.15, 0.2) is 0 Å². The standard InChI is InChI=1S/C35H56N4O2/c1-22(2)25-13-16-35(30(41)38-23(3)4)18-17-33(9)26(29(25)35)11-12-28-32(8,19-20-36)27(14-15-34(28,33)10)31(6,7)21-37-39-24(5)40/h21,23,25-29H,1,11-19H2,2-10H3,(H,38,41)(H,39,40)/b37-21+/t25-,26+,27-,28+,29+,32-,33+,34+,35-/m0/s1. The molecule has 6 nitrogen and oxygen atoms in total. The molecule has 0 saturated heterocycles. The van der Waals surface area contributed by atoms with E-state index in [9.17, 15) is 14.9 Å². The molecule has 2 N–H and O–H groups in total. The number of nitriles is 1. The molecule has 0 bridgehead atoms. The molecule has 4 saturated carbocycles. The Morgan fingerprint density at radius 2 is 1.73 bits per heavy atom. The molecule has 4 fully saturated rings. The summed E-state index contributed by atoms with van der Waals surface area (Å²) in [5.41, 5.74) is 3.27. The van der Waals surface area contributed by atoms with Gasteiger partial charge in [0, 0.05) is 31.0 Å². The summed E-state index contributed by atoms with van der Waals surface area (Å²) in [7, 11) is 0. The lowest BCUT2D eigenvalue weighted by Crippen LogP contribution is -2.66. The topological polar surface area (TPSA) is 94.3 Å². The van der Waals surface area contributed by atoms with Crippen LogP contribution in [0, 0.1) is 68.0 Å². The molecule has 0 heterocycles. The van der Waals surface area contributed by atoms with Crippen molar-refractivity contribution in [2.24, 2.45) is 61.8 Å². The Morgan fingerprint density at radius 3 is 2.32 bits per heavy atom. The largest absolute Gasteiger partial charge is 0.353 e. The molecule has 0 aromatic rings. The van der Waals surface area contributed by atoms with Gasteiger partial charge in [0.25, 0.3) is 0 Å². The van der Waals surface area contributed by atoms with E-state index in [2.05, 4.69) is 83.9 Å². The van der Waals surface area contributed by atoms with Crippen molar-refractivity contribution in [3.05, 3.63) is 12.2 Å². The van der Waals surface area contributed by atoms with E-state index in [1.54, 1.807) is 0 Å². The van der Waals surface area contributed by atoms with Crippen LogP contribution in [0.5, 0.6) is 0 Å². The van der Waals surface area contributed by atoms with E-state index in [-0.39, 0.29) is 50.8 Å². The molecule has 4 aliphatic rings. The average Bonchev–Trinajstić information content (AvgIpc) is 3.25. The summed E-state index contributed by atoms with van der Waals surface area (Å²) in [6.45, 7) is 24.2. The maximum absolute atomic E-state index is 14.0. The van der Waals surface area contributed by atoms with Gasteiger partial charge in [-0.1, -0.05) is 46.8 Å². The lowest BCUT2D eigenvalue weighted by molar-refractivity contribution is -0.222. The predicted molar refractivity (Wildman–Crippen MR) is 166 cm³/mol. The third kappa shape index (κ3) is 4.88.